The van der Waals surface area contributed by atoms with E-state index in [1.165, 1.54) is 22.7 Å². The first kappa shape index (κ1) is 23.0. The van der Waals surface area contributed by atoms with E-state index in [2.05, 4.69) is 4.99 Å². The molecule has 35 heavy (non-hydrogen) atoms. The number of methoxy groups -OCH3 is 1. The largest absolute Gasteiger partial charge is 0.496 e. The second-order valence-corrected chi connectivity index (χ2v) is 9.89. The van der Waals surface area contributed by atoms with E-state index in [9.17, 15) is 9.59 Å². The lowest BCUT2D eigenvalue weighted by Gasteiger charge is -2.23. The maximum absolute atomic E-state index is 13.6. The minimum atomic E-state index is -0.602. The van der Waals surface area contributed by atoms with Crippen LogP contribution in [0, 0.1) is 0 Å². The molecule has 2 aromatic heterocycles. The Kier molecular flexibility index (Phi) is 6.48. The number of allylic oxidation sites excluding steroid dienone is 1. The average Bonchev–Trinajstić information content (AvgIpc) is 3.51. The molecule has 3 heterocycles. The van der Waals surface area contributed by atoms with Crippen molar-refractivity contribution in [3.8, 4) is 5.75 Å². The van der Waals surface area contributed by atoms with Gasteiger partial charge in [-0.2, -0.15) is 0 Å². The number of carbonyl (C=O) groups excluding carboxylic acids is 1. The van der Waals surface area contributed by atoms with E-state index in [4.69, 9.17) is 9.47 Å². The van der Waals surface area contributed by atoms with Gasteiger partial charge in [-0.05, 0) is 36.1 Å². The van der Waals surface area contributed by atoms with Gasteiger partial charge < -0.3 is 9.47 Å². The zero-order valence-electron chi connectivity index (χ0n) is 19.1. The lowest BCUT2D eigenvalue weighted by molar-refractivity contribution is -0.140. The summed E-state index contributed by atoms with van der Waals surface area (Å²) in [6.07, 6.45) is 1.81. The van der Waals surface area contributed by atoms with Gasteiger partial charge in [0, 0.05) is 10.4 Å². The van der Waals surface area contributed by atoms with Crippen molar-refractivity contribution in [2.24, 2.45) is 4.99 Å². The first-order valence-corrected chi connectivity index (χ1v) is 12.7. The van der Waals surface area contributed by atoms with Crippen molar-refractivity contribution in [3.63, 3.8) is 0 Å². The second kappa shape index (κ2) is 9.85. The number of thiophene rings is 1. The first-order valence-electron chi connectivity index (χ1n) is 11.0. The Bertz CT molecular complexity index is 1580. The topological polar surface area (TPSA) is 69.9 Å². The highest BCUT2D eigenvalue weighted by Gasteiger charge is 2.34. The van der Waals surface area contributed by atoms with Gasteiger partial charge in [-0.25, -0.2) is 9.79 Å². The van der Waals surface area contributed by atoms with Crippen LogP contribution < -0.4 is 19.6 Å². The standard InChI is InChI=1S/C27H22N2O4S2/c1-17-23(26(31)33-16-18-9-4-3-5-10-18)24(21-13-8-14-34-21)29-25(30)22(35-27(29)28-17)15-19-11-6-7-12-20(19)32-2/h3-15,24H,16H2,1-2H3/b22-15-. The fourth-order valence-corrected chi connectivity index (χ4v) is 5.89. The number of fused-ring (bicyclic) bond motifs is 1. The number of rotatable bonds is 6. The molecular formula is C27H22N2O4S2. The summed E-state index contributed by atoms with van der Waals surface area (Å²) in [5.41, 5.74) is 2.40. The number of ether oxygens (including phenoxy) is 2. The van der Waals surface area contributed by atoms with Crippen molar-refractivity contribution in [3.05, 3.63) is 119 Å². The van der Waals surface area contributed by atoms with Crippen molar-refractivity contribution >= 4 is 34.7 Å². The fourth-order valence-electron chi connectivity index (χ4n) is 4.03. The molecule has 0 N–H and O–H groups in total. The van der Waals surface area contributed by atoms with Crippen LogP contribution in [0.5, 0.6) is 5.75 Å². The normalized spacial score (nSPS) is 15.5. The number of nitrogens with zero attached hydrogens (tertiary/aromatic N) is 2. The van der Waals surface area contributed by atoms with Gasteiger partial charge in [-0.1, -0.05) is 65.9 Å². The summed E-state index contributed by atoms with van der Waals surface area (Å²) in [6.45, 7) is 1.93. The fraction of sp³-hybridized carbons (Fsp3) is 0.148. The highest BCUT2D eigenvalue weighted by atomic mass is 32.1. The molecule has 1 aliphatic rings. The predicted octanol–water partition coefficient (Wildman–Crippen LogP) is 4.05. The maximum atomic E-state index is 13.6. The molecule has 4 aromatic rings. The van der Waals surface area contributed by atoms with Crippen LogP contribution in [0.2, 0.25) is 0 Å². The van der Waals surface area contributed by atoms with Gasteiger partial charge in [0.25, 0.3) is 5.56 Å². The van der Waals surface area contributed by atoms with Crippen LogP contribution in [0.25, 0.3) is 6.08 Å². The average molecular weight is 503 g/mol. The Morgan fingerprint density at radius 3 is 2.60 bits per heavy atom. The maximum Gasteiger partial charge on any atom is 0.338 e. The van der Waals surface area contributed by atoms with Gasteiger partial charge >= 0.3 is 5.97 Å². The minimum absolute atomic E-state index is 0.145. The molecule has 0 amide bonds. The van der Waals surface area contributed by atoms with Crippen LogP contribution in [0.3, 0.4) is 0 Å². The van der Waals surface area contributed by atoms with Crippen molar-refractivity contribution in [2.75, 3.05) is 7.11 Å². The van der Waals surface area contributed by atoms with Crippen molar-refractivity contribution in [1.29, 1.82) is 0 Å². The first-order chi connectivity index (χ1) is 17.1. The second-order valence-electron chi connectivity index (χ2n) is 7.90. The number of esters is 1. The van der Waals surface area contributed by atoms with E-state index < -0.39 is 12.0 Å². The summed E-state index contributed by atoms with van der Waals surface area (Å²) in [4.78, 5) is 33.0. The van der Waals surface area contributed by atoms with Gasteiger partial charge in [-0.3, -0.25) is 9.36 Å². The van der Waals surface area contributed by atoms with Crippen molar-refractivity contribution in [1.82, 2.24) is 4.57 Å². The Labute approximate surface area is 209 Å². The molecule has 1 aliphatic heterocycles. The molecular weight excluding hydrogens is 480 g/mol. The third-order valence-electron chi connectivity index (χ3n) is 5.69. The van der Waals surface area contributed by atoms with Crippen LogP contribution in [0.15, 0.2) is 93.2 Å². The summed E-state index contributed by atoms with van der Waals surface area (Å²) < 4.78 is 13.2. The van der Waals surface area contributed by atoms with E-state index in [0.717, 1.165) is 16.0 Å². The lowest BCUT2D eigenvalue weighted by Crippen LogP contribution is -2.39. The molecule has 0 radical (unpaired) electrons. The van der Waals surface area contributed by atoms with Crippen molar-refractivity contribution < 1.29 is 14.3 Å². The summed E-state index contributed by atoms with van der Waals surface area (Å²) in [7, 11) is 1.60. The van der Waals surface area contributed by atoms with Gasteiger partial charge in [0.2, 0.25) is 0 Å². The van der Waals surface area contributed by atoms with Crippen LogP contribution in [0.4, 0.5) is 0 Å². The van der Waals surface area contributed by atoms with Crippen LogP contribution in [-0.4, -0.2) is 17.6 Å². The molecule has 0 bridgehead atoms. The third-order valence-corrected chi connectivity index (χ3v) is 7.60. The van der Waals surface area contributed by atoms with Crippen LogP contribution in [-0.2, 0) is 16.1 Å². The number of carbonyl (C=O) groups is 1. The number of thiazole rings is 1. The van der Waals surface area contributed by atoms with Gasteiger partial charge in [0.15, 0.2) is 4.80 Å². The van der Waals surface area contributed by atoms with E-state index in [1.54, 1.807) is 24.7 Å². The SMILES string of the molecule is COc1ccccc1/C=c1\sc2n(c1=O)C(c1cccs1)C(C(=O)OCc1ccccc1)=C(C)N=2. The number of aromatic nitrogens is 1. The summed E-state index contributed by atoms with van der Waals surface area (Å²) in [6, 6.07) is 20.3. The lowest BCUT2D eigenvalue weighted by atomic mass is 10.0. The number of hydrogen-bond donors (Lipinski definition) is 0. The Morgan fingerprint density at radius 1 is 1.09 bits per heavy atom. The summed E-state index contributed by atoms with van der Waals surface area (Å²) in [5, 5.41) is 1.93. The molecule has 1 unspecified atom stereocenters. The van der Waals surface area contributed by atoms with E-state index in [-0.39, 0.29) is 12.2 Å². The van der Waals surface area contributed by atoms with E-state index in [0.29, 0.717) is 26.4 Å². The van der Waals surface area contributed by atoms with Gasteiger partial charge in [-0.15, -0.1) is 11.3 Å². The van der Waals surface area contributed by atoms with Gasteiger partial charge in [0.1, 0.15) is 18.4 Å². The van der Waals surface area contributed by atoms with Gasteiger partial charge in [0.05, 0.1) is 22.9 Å². The predicted molar refractivity (Wildman–Crippen MR) is 137 cm³/mol. The molecule has 0 saturated carbocycles. The molecule has 2 aromatic carbocycles. The zero-order valence-corrected chi connectivity index (χ0v) is 20.8. The minimum Gasteiger partial charge on any atom is -0.496 e. The van der Waals surface area contributed by atoms with Crippen LogP contribution >= 0.6 is 22.7 Å². The molecule has 0 aliphatic carbocycles. The van der Waals surface area contributed by atoms with Crippen LogP contribution in [0.1, 0.15) is 29.0 Å². The molecule has 0 spiro atoms. The third kappa shape index (κ3) is 4.50. The number of para-hydroxylation sites is 1. The molecule has 0 fully saturated rings. The molecule has 6 nitrogen and oxygen atoms in total. The molecule has 8 heteroatoms. The number of hydrogen-bond acceptors (Lipinski definition) is 7. The summed E-state index contributed by atoms with van der Waals surface area (Å²) >= 11 is 2.79. The molecule has 176 valence electrons. The monoisotopic (exact) mass is 502 g/mol. The molecule has 0 saturated heterocycles. The van der Waals surface area contributed by atoms with Crippen molar-refractivity contribution in [2.45, 2.75) is 19.6 Å². The van der Waals surface area contributed by atoms with E-state index >= 15 is 0 Å². The highest BCUT2D eigenvalue weighted by molar-refractivity contribution is 7.10. The smallest absolute Gasteiger partial charge is 0.338 e. The highest BCUT2D eigenvalue weighted by Crippen LogP contribution is 2.33. The quantitative estimate of drug-likeness (QED) is 0.373. The molecule has 5 rings (SSSR count). The van der Waals surface area contributed by atoms with E-state index in [1.807, 2.05) is 72.1 Å². The Hall–Kier alpha value is -3.75. The molecule has 1 atom stereocenters. The Morgan fingerprint density at radius 2 is 1.86 bits per heavy atom. The zero-order chi connectivity index (χ0) is 24.4. The number of benzene rings is 2. The Balaban J connectivity index is 1.60. The summed E-state index contributed by atoms with van der Waals surface area (Å²) in [5.74, 6) is 0.196.